The third kappa shape index (κ3) is 5.37. The van der Waals surface area contributed by atoms with Crippen molar-refractivity contribution in [3.8, 4) is 11.1 Å². The van der Waals surface area contributed by atoms with Crippen LogP contribution in [0.4, 0.5) is 0 Å². The molecule has 0 amide bonds. The molecule has 1 atom stereocenters. The summed E-state index contributed by atoms with van der Waals surface area (Å²) < 4.78 is 0. The molecule has 0 bridgehead atoms. The predicted molar refractivity (Wildman–Crippen MR) is 167 cm³/mol. The molecule has 0 fully saturated rings. The zero-order chi connectivity index (χ0) is 26.6. The normalized spacial score (nSPS) is 16.8. The number of nitrogens with one attached hydrogen (secondary N) is 1. The summed E-state index contributed by atoms with van der Waals surface area (Å²) in [4.78, 5) is 4.48. The SMILES string of the molecule is C/C=C\C1=C(CC2C=CC(/C=N/C(=N)c3ccc(-c4ccc5ccccc5c4)cc3)=CC2)c2ccccc2C1. The molecular weight excluding hydrogens is 472 g/mol. The van der Waals surface area contributed by atoms with Gasteiger partial charge in [0.15, 0.2) is 5.84 Å². The first-order valence-electron chi connectivity index (χ1n) is 13.7. The van der Waals surface area contributed by atoms with Crippen LogP contribution in [0.5, 0.6) is 0 Å². The molecule has 0 aliphatic heterocycles. The molecule has 4 aromatic rings. The van der Waals surface area contributed by atoms with Gasteiger partial charge in [0.1, 0.15) is 0 Å². The van der Waals surface area contributed by atoms with E-state index in [1.807, 2.05) is 18.3 Å². The molecule has 2 heteroatoms. The first-order valence-corrected chi connectivity index (χ1v) is 13.7. The molecular formula is C37H32N2. The van der Waals surface area contributed by atoms with E-state index in [1.54, 1.807) is 0 Å². The molecule has 1 unspecified atom stereocenters. The van der Waals surface area contributed by atoms with Crippen LogP contribution in [0.2, 0.25) is 0 Å². The van der Waals surface area contributed by atoms with Crippen LogP contribution in [0.25, 0.3) is 27.5 Å². The first kappa shape index (κ1) is 24.8. The number of allylic oxidation sites excluding steroid dienone is 8. The van der Waals surface area contributed by atoms with Gasteiger partial charge in [0.05, 0.1) is 0 Å². The average Bonchev–Trinajstić information content (AvgIpc) is 3.33. The maximum absolute atomic E-state index is 8.49. The minimum atomic E-state index is 0.278. The van der Waals surface area contributed by atoms with E-state index in [4.69, 9.17) is 5.41 Å². The Hall–Kier alpha value is -4.56. The third-order valence-corrected chi connectivity index (χ3v) is 7.75. The molecule has 190 valence electrons. The minimum absolute atomic E-state index is 0.278. The van der Waals surface area contributed by atoms with E-state index in [2.05, 4.69) is 121 Å². The van der Waals surface area contributed by atoms with Gasteiger partial charge >= 0.3 is 0 Å². The van der Waals surface area contributed by atoms with Crippen LogP contribution in [-0.2, 0) is 6.42 Å². The third-order valence-electron chi connectivity index (χ3n) is 7.75. The molecule has 6 rings (SSSR count). The maximum atomic E-state index is 8.49. The number of aliphatic imine (C=N–C) groups is 1. The Balaban J connectivity index is 1.09. The van der Waals surface area contributed by atoms with Crippen LogP contribution in [0.1, 0.15) is 36.5 Å². The fourth-order valence-corrected chi connectivity index (χ4v) is 5.65. The lowest BCUT2D eigenvalue weighted by molar-refractivity contribution is 0.676. The van der Waals surface area contributed by atoms with E-state index in [1.165, 1.54) is 38.6 Å². The number of nitrogens with zero attached hydrogens (tertiary/aromatic N) is 1. The molecule has 0 spiro atoms. The van der Waals surface area contributed by atoms with Crippen molar-refractivity contribution >= 4 is 28.4 Å². The van der Waals surface area contributed by atoms with Gasteiger partial charge in [0, 0.05) is 11.8 Å². The van der Waals surface area contributed by atoms with Crippen LogP contribution < -0.4 is 0 Å². The summed E-state index contributed by atoms with van der Waals surface area (Å²) in [5.74, 6) is 0.755. The standard InChI is InChI=1S/C37H32N2/c1-2-7-33-24-34-10-5-6-11-35(34)36(33)22-26-12-14-27(15-13-26)25-39-37(38)30-19-16-29(17-20-30)32-21-18-28-8-3-4-9-31(28)23-32/h2-12,14-21,23,25-26,38H,13,22,24H2,1H3/b7-2-,38-37?,39-25+. The van der Waals surface area contributed by atoms with Gasteiger partial charge in [-0.3, -0.25) is 5.41 Å². The predicted octanol–water partition coefficient (Wildman–Crippen LogP) is 9.38. The fourth-order valence-electron chi connectivity index (χ4n) is 5.65. The molecule has 0 saturated carbocycles. The topological polar surface area (TPSA) is 36.2 Å². The van der Waals surface area contributed by atoms with Crippen LogP contribution in [0, 0.1) is 11.3 Å². The van der Waals surface area contributed by atoms with Gasteiger partial charge in [0.25, 0.3) is 0 Å². The molecule has 0 saturated heterocycles. The Labute approximate surface area is 231 Å². The Kier molecular flexibility index (Phi) is 7.01. The largest absolute Gasteiger partial charge is 0.282 e. The monoisotopic (exact) mass is 504 g/mol. The summed E-state index contributed by atoms with van der Waals surface area (Å²) in [5, 5.41) is 11.0. The Morgan fingerprint density at radius 2 is 1.67 bits per heavy atom. The van der Waals surface area contributed by atoms with Crippen molar-refractivity contribution < 1.29 is 0 Å². The van der Waals surface area contributed by atoms with E-state index in [9.17, 15) is 0 Å². The van der Waals surface area contributed by atoms with Crippen LogP contribution in [0.3, 0.4) is 0 Å². The van der Waals surface area contributed by atoms with E-state index < -0.39 is 0 Å². The van der Waals surface area contributed by atoms with E-state index in [-0.39, 0.29) is 5.84 Å². The molecule has 4 aromatic carbocycles. The molecule has 0 heterocycles. The minimum Gasteiger partial charge on any atom is -0.282 e. The number of hydrogen-bond donors (Lipinski definition) is 1. The number of fused-ring (bicyclic) bond motifs is 2. The quantitative estimate of drug-likeness (QED) is 0.201. The highest BCUT2D eigenvalue weighted by molar-refractivity contribution is 6.04. The molecule has 2 nitrogen and oxygen atoms in total. The highest BCUT2D eigenvalue weighted by atomic mass is 14.8. The van der Waals surface area contributed by atoms with Crippen LogP contribution in [-0.4, -0.2) is 12.1 Å². The van der Waals surface area contributed by atoms with Gasteiger partial charge < -0.3 is 0 Å². The molecule has 2 aliphatic carbocycles. The molecule has 0 radical (unpaired) electrons. The summed E-state index contributed by atoms with van der Waals surface area (Å²) in [7, 11) is 0. The lowest BCUT2D eigenvalue weighted by Gasteiger charge is -2.17. The van der Waals surface area contributed by atoms with Crippen molar-refractivity contribution in [1.82, 2.24) is 0 Å². The first-order chi connectivity index (χ1) is 19.2. The number of amidine groups is 1. The molecule has 0 aromatic heterocycles. The van der Waals surface area contributed by atoms with E-state index >= 15 is 0 Å². The number of rotatable bonds is 6. The van der Waals surface area contributed by atoms with Gasteiger partial charge in [-0.1, -0.05) is 115 Å². The second-order valence-electron chi connectivity index (χ2n) is 10.3. The number of benzene rings is 4. The number of hydrogen-bond acceptors (Lipinski definition) is 1. The van der Waals surface area contributed by atoms with E-state index in [0.29, 0.717) is 5.92 Å². The highest BCUT2D eigenvalue weighted by Crippen LogP contribution is 2.39. The van der Waals surface area contributed by atoms with Crippen molar-refractivity contribution in [1.29, 1.82) is 5.41 Å². The summed E-state index contributed by atoms with van der Waals surface area (Å²) in [6.45, 7) is 2.10. The zero-order valence-corrected chi connectivity index (χ0v) is 22.3. The van der Waals surface area contributed by atoms with Gasteiger partial charge in [-0.15, -0.1) is 0 Å². The second kappa shape index (κ2) is 11.0. The van der Waals surface area contributed by atoms with Crippen molar-refractivity contribution in [2.45, 2.75) is 26.2 Å². The smallest absolute Gasteiger partial charge is 0.151 e. The molecule has 2 aliphatic rings. The summed E-state index contributed by atoms with van der Waals surface area (Å²) in [6, 6.07) is 31.9. The maximum Gasteiger partial charge on any atom is 0.151 e. The van der Waals surface area contributed by atoms with E-state index in [0.717, 1.165) is 36.0 Å². The van der Waals surface area contributed by atoms with Crippen molar-refractivity contribution in [2.75, 3.05) is 0 Å². The van der Waals surface area contributed by atoms with Crippen LogP contribution in [0.15, 0.2) is 138 Å². The van der Waals surface area contributed by atoms with Gasteiger partial charge in [-0.2, -0.15) is 0 Å². The summed E-state index contributed by atoms with van der Waals surface area (Å²) in [6.07, 6.45) is 16.0. The summed E-state index contributed by atoms with van der Waals surface area (Å²) >= 11 is 0. The van der Waals surface area contributed by atoms with Crippen LogP contribution >= 0.6 is 0 Å². The Morgan fingerprint density at radius 1 is 0.897 bits per heavy atom. The Morgan fingerprint density at radius 3 is 2.46 bits per heavy atom. The molecule has 39 heavy (non-hydrogen) atoms. The average molecular weight is 505 g/mol. The van der Waals surface area contributed by atoms with Gasteiger partial charge in [0.2, 0.25) is 0 Å². The van der Waals surface area contributed by atoms with Gasteiger partial charge in [-0.25, -0.2) is 4.99 Å². The highest BCUT2D eigenvalue weighted by Gasteiger charge is 2.22. The Bertz CT molecular complexity index is 1690. The van der Waals surface area contributed by atoms with Gasteiger partial charge in [-0.05, 0) is 87.9 Å². The van der Waals surface area contributed by atoms with Crippen molar-refractivity contribution in [3.05, 3.63) is 149 Å². The zero-order valence-electron chi connectivity index (χ0n) is 22.3. The lowest BCUT2D eigenvalue weighted by Crippen LogP contribution is -2.03. The molecule has 1 N–H and O–H groups in total. The van der Waals surface area contributed by atoms with Crippen molar-refractivity contribution in [2.24, 2.45) is 10.9 Å². The fraction of sp³-hybridized carbons (Fsp3) is 0.135. The lowest BCUT2D eigenvalue weighted by atomic mass is 9.88. The summed E-state index contributed by atoms with van der Waals surface area (Å²) in [5.41, 5.74) is 9.99. The van der Waals surface area contributed by atoms with Crippen molar-refractivity contribution in [3.63, 3.8) is 0 Å². The second-order valence-corrected chi connectivity index (χ2v) is 10.3.